The van der Waals surface area contributed by atoms with E-state index in [0.29, 0.717) is 30.9 Å². The van der Waals surface area contributed by atoms with Crippen molar-refractivity contribution in [2.45, 2.75) is 77.4 Å². The maximum Gasteiger partial charge on any atom is 0.129 e. The number of aliphatic hydroxyl groups excluding tert-OH is 2. The SMILES string of the molecule is C[C@]12CC/C(=N\OCCN)C[C@@H]1C(O)C[C@@H]1[C@@H]2CC[C@]2(C)C(O)CC[C@@H]12. The topological polar surface area (TPSA) is 88.1 Å². The number of fused-ring (bicyclic) bond motifs is 5. The summed E-state index contributed by atoms with van der Waals surface area (Å²) in [6.45, 7) is 5.66. The summed E-state index contributed by atoms with van der Waals surface area (Å²) in [6.07, 6.45) is 7.81. The van der Waals surface area contributed by atoms with E-state index in [2.05, 4.69) is 19.0 Å². The standard InChI is InChI=1S/C21H36N2O3/c1-20-7-5-13(23-26-10-9-22)11-17(20)18(24)12-14-15-3-4-19(25)21(15,2)8-6-16(14)20/h14-19,24-25H,3-12,22H2,1-2H3/b23-13+/t14-,15-,16-,17+,18?,19?,20+,21-/m0/s1. The summed E-state index contributed by atoms with van der Waals surface area (Å²) in [5.74, 6) is 2.10. The summed E-state index contributed by atoms with van der Waals surface area (Å²) in [5.41, 5.74) is 6.83. The number of nitrogens with zero attached hydrogens (tertiary/aromatic N) is 1. The molecule has 8 atom stereocenters. The maximum absolute atomic E-state index is 11.1. The van der Waals surface area contributed by atoms with Crippen LogP contribution in [0.25, 0.3) is 0 Å². The van der Waals surface area contributed by atoms with Crippen LogP contribution in [0.1, 0.15) is 65.2 Å². The summed E-state index contributed by atoms with van der Waals surface area (Å²) >= 11 is 0. The van der Waals surface area contributed by atoms with Crippen LogP contribution < -0.4 is 5.73 Å². The van der Waals surface area contributed by atoms with E-state index >= 15 is 0 Å². The van der Waals surface area contributed by atoms with Gasteiger partial charge in [0.15, 0.2) is 0 Å². The Bertz CT molecular complexity index is 567. The first-order valence-corrected chi connectivity index (χ1v) is 10.6. The van der Waals surface area contributed by atoms with Gasteiger partial charge in [-0.15, -0.1) is 0 Å². The van der Waals surface area contributed by atoms with Crippen LogP contribution in [0.5, 0.6) is 0 Å². The third-order valence-corrected chi connectivity index (χ3v) is 8.87. The molecule has 26 heavy (non-hydrogen) atoms. The zero-order chi connectivity index (χ0) is 18.5. The molecule has 0 bridgehead atoms. The zero-order valence-corrected chi connectivity index (χ0v) is 16.4. The minimum atomic E-state index is -0.263. The molecule has 0 aromatic rings. The fourth-order valence-corrected chi connectivity index (χ4v) is 7.35. The van der Waals surface area contributed by atoms with Gasteiger partial charge in [-0.25, -0.2) is 0 Å². The van der Waals surface area contributed by atoms with Crippen LogP contribution in [0, 0.1) is 34.5 Å². The van der Waals surface area contributed by atoms with Crippen molar-refractivity contribution < 1.29 is 15.1 Å². The van der Waals surface area contributed by atoms with Crippen molar-refractivity contribution >= 4 is 5.71 Å². The van der Waals surface area contributed by atoms with Gasteiger partial charge in [-0.2, -0.15) is 0 Å². The van der Waals surface area contributed by atoms with E-state index in [9.17, 15) is 10.2 Å². The average molecular weight is 365 g/mol. The lowest BCUT2D eigenvalue weighted by atomic mass is 9.44. The quantitative estimate of drug-likeness (QED) is 0.531. The molecule has 0 radical (unpaired) electrons. The van der Waals surface area contributed by atoms with Crippen molar-refractivity contribution in [3.05, 3.63) is 0 Å². The van der Waals surface area contributed by atoms with Crippen LogP contribution in [0.4, 0.5) is 0 Å². The Labute approximate surface area is 157 Å². The first kappa shape index (κ1) is 18.7. The Morgan fingerprint density at radius 2 is 1.85 bits per heavy atom. The molecule has 4 saturated carbocycles. The molecule has 0 aromatic heterocycles. The highest BCUT2D eigenvalue weighted by atomic mass is 16.6. The molecule has 4 N–H and O–H groups in total. The molecule has 5 heteroatoms. The second-order valence-electron chi connectivity index (χ2n) is 9.91. The van der Waals surface area contributed by atoms with E-state index in [1.807, 2.05) is 0 Å². The summed E-state index contributed by atoms with van der Waals surface area (Å²) in [6, 6.07) is 0. The molecule has 148 valence electrons. The van der Waals surface area contributed by atoms with Gasteiger partial charge in [0, 0.05) is 6.54 Å². The van der Waals surface area contributed by atoms with Gasteiger partial charge in [0.1, 0.15) is 6.61 Å². The molecule has 4 aliphatic rings. The van der Waals surface area contributed by atoms with Crippen LogP contribution in [-0.4, -0.2) is 41.3 Å². The van der Waals surface area contributed by atoms with Crippen LogP contribution in [0.3, 0.4) is 0 Å². The molecule has 2 unspecified atom stereocenters. The molecular weight excluding hydrogens is 328 g/mol. The van der Waals surface area contributed by atoms with Crippen LogP contribution >= 0.6 is 0 Å². The number of nitrogens with two attached hydrogens (primary N) is 1. The zero-order valence-electron chi connectivity index (χ0n) is 16.4. The first-order valence-electron chi connectivity index (χ1n) is 10.6. The lowest BCUT2D eigenvalue weighted by molar-refractivity contribution is -0.153. The highest BCUT2D eigenvalue weighted by Gasteiger charge is 2.61. The van der Waals surface area contributed by atoms with E-state index in [4.69, 9.17) is 10.6 Å². The third-order valence-electron chi connectivity index (χ3n) is 8.87. The Kier molecular flexibility index (Phi) is 4.85. The highest BCUT2D eigenvalue weighted by molar-refractivity contribution is 5.85. The fraction of sp³-hybridized carbons (Fsp3) is 0.952. The fourth-order valence-electron chi connectivity index (χ4n) is 7.35. The van der Waals surface area contributed by atoms with E-state index < -0.39 is 0 Å². The number of hydrogen-bond acceptors (Lipinski definition) is 5. The largest absolute Gasteiger partial charge is 0.395 e. The third kappa shape index (κ3) is 2.73. The Morgan fingerprint density at radius 3 is 2.62 bits per heavy atom. The Morgan fingerprint density at radius 1 is 1.08 bits per heavy atom. The number of aliphatic hydroxyl groups is 2. The van der Waals surface area contributed by atoms with Gasteiger partial charge in [-0.05, 0) is 85.9 Å². The van der Waals surface area contributed by atoms with E-state index in [0.717, 1.165) is 50.7 Å². The normalized spacial score (nSPS) is 52.3. The molecule has 0 heterocycles. The van der Waals surface area contributed by atoms with Crippen LogP contribution in [0.2, 0.25) is 0 Å². The van der Waals surface area contributed by atoms with Crippen LogP contribution in [0.15, 0.2) is 5.16 Å². The minimum absolute atomic E-state index is 0.0709. The summed E-state index contributed by atoms with van der Waals surface area (Å²) < 4.78 is 0. The van der Waals surface area contributed by atoms with E-state index in [1.54, 1.807) is 0 Å². The predicted molar refractivity (Wildman–Crippen MR) is 102 cm³/mol. The van der Waals surface area contributed by atoms with E-state index in [1.165, 1.54) is 6.42 Å². The summed E-state index contributed by atoms with van der Waals surface area (Å²) in [7, 11) is 0. The first-order chi connectivity index (χ1) is 12.4. The maximum atomic E-state index is 11.1. The monoisotopic (exact) mass is 364 g/mol. The predicted octanol–water partition coefficient (Wildman–Crippen LogP) is 2.69. The lowest BCUT2D eigenvalue weighted by Gasteiger charge is -2.61. The second kappa shape index (κ2) is 6.75. The smallest absolute Gasteiger partial charge is 0.129 e. The van der Waals surface area contributed by atoms with Crippen molar-refractivity contribution in [3.63, 3.8) is 0 Å². The van der Waals surface area contributed by atoms with Gasteiger partial charge in [0.05, 0.1) is 17.9 Å². The molecular formula is C21H36N2O3. The lowest BCUT2D eigenvalue weighted by Crippen LogP contribution is -2.58. The Hall–Kier alpha value is -0.650. The summed E-state index contributed by atoms with van der Waals surface area (Å²) in [5, 5.41) is 26.0. The van der Waals surface area contributed by atoms with Crippen molar-refractivity contribution in [1.82, 2.24) is 0 Å². The van der Waals surface area contributed by atoms with Crippen molar-refractivity contribution in [2.24, 2.45) is 45.4 Å². The summed E-state index contributed by atoms with van der Waals surface area (Å²) in [4.78, 5) is 5.31. The van der Waals surface area contributed by atoms with Gasteiger partial charge in [-0.3, -0.25) is 0 Å². The van der Waals surface area contributed by atoms with Crippen molar-refractivity contribution in [1.29, 1.82) is 0 Å². The molecule has 0 saturated heterocycles. The average Bonchev–Trinajstić information content (AvgIpc) is 2.92. The van der Waals surface area contributed by atoms with Crippen molar-refractivity contribution in [3.8, 4) is 0 Å². The minimum Gasteiger partial charge on any atom is -0.395 e. The number of oxime groups is 1. The van der Waals surface area contributed by atoms with Gasteiger partial charge in [-0.1, -0.05) is 19.0 Å². The second-order valence-corrected chi connectivity index (χ2v) is 9.91. The molecule has 4 fully saturated rings. The van der Waals surface area contributed by atoms with Crippen LogP contribution in [-0.2, 0) is 4.84 Å². The Balaban J connectivity index is 1.55. The van der Waals surface area contributed by atoms with E-state index in [-0.39, 0.29) is 29.0 Å². The molecule has 0 aromatic carbocycles. The van der Waals surface area contributed by atoms with Gasteiger partial charge >= 0.3 is 0 Å². The van der Waals surface area contributed by atoms with Gasteiger partial charge in [0.2, 0.25) is 0 Å². The number of rotatable bonds is 3. The highest BCUT2D eigenvalue weighted by Crippen LogP contribution is 2.65. The molecule has 0 amide bonds. The molecule has 4 aliphatic carbocycles. The molecule has 0 aliphatic heterocycles. The molecule has 5 nitrogen and oxygen atoms in total. The van der Waals surface area contributed by atoms with Gasteiger partial charge < -0.3 is 20.8 Å². The number of hydrogen-bond donors (Lipinski definition) is 3. The molecule has 4 rings (SSSR count). The van der Waals surface area contributed by atoms with Crippen molar-refractivity contribution in [2.75, 3.05) is 13.2 Å². The van der Waals surface area contributed by atoms with Gasteiger partial charge in [0.25, 0.3) is 0 Å². The molecule has 0 spiro atoms.